The number of ether oxygens (including phenoxy) is 2. The summed E-state index contributed by atoms with van der Waals surface area (Å²) in [5.74, 6) is 0.717. The number of carbonyl (C=O) groups is 2. The number of hydrazine groups is 1. The highest BCUT2D eigenvalue weighted by molar-refractivity contribution is 5.78. The van der Waals surface area contributed by atoms with Crippen molar-refractivity contribution in [3.8, 4) is 11.9 Å². The summed E-state index contributed by atoms with van der Waals surface area (Å²) < 4.78 is 10.7. The zero-order valence-corrected chi connectivity index (χ0v) is 18.4. The SMILES string of the molecule is COc1ccc(CC(=O)NC2CC([C@H]3CC[C@@H](OC(=O)N4C[C@@H](C#N)[C@@H]4C)C3)NN2)cn1. The number of likely N-dealkylation sites (tertiary alicyclic amines) is 1. The number of nitrogens with zero attached hydrogens (tertiary/aromatic N) is 3. The summed E-state index contributed by atoms with van der Waals surface area (Å²) in [7, 11) is 1.55. The molecule has 3 fully saturated rings. The van der Waals surface area contributed by atoms with Crippen LogP contribution in [0.3, 0.4) is 0 Å². The number of carbonyl (C=O) groups excluding carboxylic acids is 2. The van der Waals surface area contributed by atoms with Crippen LogP contribution < -0.4 is 20.9 Å². The smallest absolute Gasteiger partial charge is 0.410 e. The Bertz CT molecular complexity index is 872. The molecule has 0 aromatic carbocycles. The van der Waals surface area contributed by atoms with Gasteiger partial charge in [0.05, 0.1) is 31.7 Å². The summed E-state index contributed by atoms with van der Waals surface area (Å²) in [6, 6.07) is 5.90. The highest BCUT2D eigenvalue weighted by atomic mass is 16.6. The van der Waals surface area contributed by atoms with Crippen molar-refractivity contribution in [2.24, 2.45) is 11.8 Å². The second-order valence-electron chi connectivity index (χ2n) is 8.84. The van der Waals surface area contributed by atoms with Crippen LogP contribution in [0.1, 0.15) is 38.2 Å². The maximum absolute atomic E-state index is 12.4. The van der Waals surface area contributed by atoms with Gasteiger partial charge in [-0.05, 0) is 44.1 Å². The van der Waals surface area contributed by atoms with Crippen LogP contribution in [0.4, 0.5) is 4.79 Å². The van der Waals surface area contributed by atoms with E-state index in [4.69, 9.17) is 14.7 Å². The first-order chi connectivity index (χ1) is 15.5. The Morgan fingerprint density at radius 1 is 1.31 bits per heavy atom. The summed E-state index contributed by atoms with van der Waals surface area (Å²) in [4.78, 5) is 30.5. The first-order valence-electron chi connectivity index (χ1n) is 11.1. The van der Waals surface area contributed by atoms with Gasteiger partial charge in [-0.2, -0.15) is 5.26 Å². The first kappa shape index (κ1) is 22.3. The van der Waals surface area contributed by atoms with E-state index in [1.165, 1.54) is 0 Å². The molecule has 32 heavy (non-hydrogen) atoms. The molecule has 0 radical (unpaired) electrons. The molecule has 2 saturated heterocycles. The van der Waals surface area contributed by atoms with Gasteiger partial charge in [0, 0.05) is 30.9 Å². The molecular formula is C22H30N6O4. The van der Waals surface area contributed by atoms with E-state index in [0.29, 0.717) is 18.3 Å². The van der Waals surface area contributed by atoms with Crippen molar-refractivity contribution in [2.75, 3.05) is 13.7 Å². The maximum Gasteiger partial charge on any atom is 0.410 e. The summed E-state index contributed by atoms with van der Waals surface area (Å²) >= 11 is 0. The fraction of sp³-hybridized carbons (Fsp3) is 0.636. The van der Waals surface area contributed by atoms with E-state index in [2.05, 4.69) is 27.2 Å². The number of nitriles is 1. The van der Waals surface area contributed by atoms with Crippen LogP contribution in [0.5, 0.6) is 5.88 Å². The van der Waals surface area contributed by atoms with Gasteiger partial charge in [-0.3, -0.25) is 10.2 Å². The zero-order chi connectivity index (χ0) is 22.7. The van der Waals surface area contributed by atoms with Crippen molar-refractivity contribution in [2.45, 2.75) is 63.4 Å². The van der Waals surface area contributed by atoms with Gasteiger partial charge in [0.2, 0.25) is 11.8 Å². The van der Waals surface area contributed by atoms with Crippen LogP contribution in [0.15, 0.2) is 18.3 Å². The number of pyridine rings is 1. The van der Waals surface area contributed by atoms with Crippen LogP contribution in [0.25, 0.3) is 0 Å². The average Bonchev–Trinajstić information content (AvgIpc) is 3.43. The topological polar surface area (TPSA) is 129 Å². The summed E-state index contributed by atoms with van der Waals surface area (Å²) in [6.45, 7) is 2.33. The van der Waals surface area contributed by atoms with Crippen molar-refractivity contribution in [1.29, 1.82) is 5.26 Å². The van der Waals surface area contributed by atoms with Gasteiger partial charge in [-0.1, -0.05) is 6.07 Å². The fourth-order valence-electron chi connectivity index (χ4n) is 4.71. The quantitative estimate of drug-likeness (QED) is 0.597. The number of hydrogen-bond donors (Lipinski definition) is 3. The van der Waals surface area contributed by atoms with Crippen LogP contribution in [0, 0.1) is 23.2 Å². The molecule has 6 atom stereocenters. The lowest BCUT2D eigenvalue weighted by Gasteiger charge is -2.42. The maximum atomic E-state index is 12.4. The number of methoxy groups -OCH3 is 1. The van der Waals surface area contributed by atoms with Gasteiger partial charge in [-0.15, -0.1) is 0 Å². The van der Waals surface area contributed by atoms with Crippen molar-refractivity contribution >= 4 is 12.0 Å². The molecule has 0 bridgehead atoms. The highest BCUT2D eigenvalue weighted by Gasteiger charge is 2.42. The van der Waals surface area contributed by atoms with E-state index in [9.17, 15) is 9.59 Å². The third kappa shape index (κ3) is 4.95. The van der Waals surface area contributed by atoms with E-state index in [0.717, 1.165) is 31.2 Å². The van der Waals surface area contributed by atoms with Crippen LogP contribution >= 0.6 is 0 Å². The molecule has 10 heteroatoms. The lowest BCUT2D eigenvalue weighted by atomic mass is 9.92. The van der Waals surface area contributed by atoms with Gasteiger partial charge in [-0.25, -0.2) is 15.2 Å². The summed E-state index contributed by atoms with van der Waals surface area (Å²) in [5, 5.41) is 12.0. The lowest BCUT2D eigenvalue weighted by molar-refractivity contribution is -0.121. The summed E-state index contributed by atoms with van der Waals surface area (Å²) in [6.07, 6.45) is 4.70. The van der Waals surface area contributed by atoms with E-state index in [1.54, 1.807) is 24.3 Å². The van der Waals surface area contributed by atoms with Gasteiger partial charge in [0.1, 0.15) is 6.10 Å². The molecule has 1 aromatic rings. The molecule has 1 aliphatic carbocycles. The average molecular weight is 443 g/mol. The van der Waals surface area contributed by atoms with Crippen molar-refractivity contribution < 1.29 is 19.1 Å². The predicted molar refractivity (Wildman–Crippen MR) is 114 cm³/mol. The van der Waals surface area contributed by atoms with Gasteiger partial charge in [0.25, 0.3) is 0 Å². The molecular weight excluding hydrogens is 412 g/mol. The molecule has 0 spiro atoms. The Labute approximate surface area is 187 Å². The van der Waals surface area contributed by atoms with Crippen molar-refractivity contribution in [3.05, 3.63) is 23.9 Å². The number of nitrogens with one attached hydrogen (secondary N) is 3. The molecule has 4 rings (SSSR count). The fourth-order valence-corrected chi connectivity index (χ4v) is 4.71. The second kappa shape index (κ2) is 9.71. The molecule has 172 valence electrons. The Morgan fingerprint density at radius 2 is 2.16 bits per heavy atom. The molecule has 3 heterocycles. The van der Waals surface area contributed by atoms with Gasteiger partial charge >= 0.3 is 6.09 Å². The normalized spacial score (nSPS) is 31.5. The molecule has 2 aliphatic heterocycles. The Kier molecular flexibility index (Phi) is 6.77. The monoisotopic (exact) mass is 442 g/mol. The molecule has 3 aliphatic rings. The third-order valence-electron chi connectivity index (χ3n) is 6.77. The summed E-state index contributed by atoms with van der Waals surface area (Å²) in [5.41, 5.74) is 7.28. The Balaban J connectivity index is 1.18. The van der Waals surface area contributed by atoms with E-state index in [1.807, 2.05) is 13.0 Å². The van der Waals surface area contributed by atoms with Gasteiger partial charge in [0.15, 0.2) is 0 Å². The van der Waals surface area contributed by atoms with Crippen molar-refractivity contribution in [3.63, 3.8) is 0 Å². The van der Waals surface area contributed by atoms with Gasteiger partial charge < -0.3 is 19.7 Å². The Morgan fingerprint density at radius 3 is 2.84 bits per heavy atom. The number of hydrogen-bond acceptors (Lipinski definition) is 8. The second-order valence-corrected chi connectivity index (χ2v) is 8.84. The van der Waals surface area contributed by atoms with Crippen LogP contribution in [-0.4, -0.2) is 59.9 Å². The number of aromatic nitrogens is 1. The molecule has 10 nitrogen and oxygen atoms in total. The molecule has 2 amide bonds. The minimum atomic E-state index is -0.315. The van der Waals surface area contributed by atoms with E-state index >= 15 is 0 Å². The molecule has 1 aromatic heterocycles. The largest absolute Gasteiger partial charge is 0.481 e. The van der Waals surface area contributed by atoms with Crippen LogP contribution in [0.2, 0.25) is 0 Å². The third-order valence-corrected chi connectivity index (χ3v) is 6.77. The minimum Gasteiger partial charge on any atom is -0.481 e. The van der Waals surface area contributed by atoms with E-state index in [-0.39, 0.29) is 48.7 Å². The lowest BCUT2D eigenvalue weighted by Crippen LogP contribution is -2.57. The first-order valence-corrected chi connectivity index (χ1v) is 11.1. The minimum absolute atomic E-state index is 0.0745. The van der Waals surface area contributed by atoms with E-state index < -0.39 is 0 Å². The number of amides is 2. The van der Waals surface area contributed by atoms with Crippen molar-refractivity contribution in [1.82, 2.24) is 26.1 Å². The van der Waals surface area contributed by atoms with Crippen LogP contribution in [-0.2, 0) is 16.0 Å². The molecule has 3 N–H and O–H groups in total. The molecule has 1 saturated carbocycles. The Hall–Kier alpha value is -2.90. The standard InChI is InChI=1S/C22H30N6O4/c1-13-16(10-23)12-28(13)22(30)32-17-5-4-15(8-17)18-9-19(27-26-18)25-20(29)7-14-3-6-21(31-2)24-11-14/h3,6,11,13,15-19,26-27H,4-5,7-9,12H2,1-2H3,(H,25,29)/t13-,15-,16+,17+,18?,19?/m0/s1. The highest BCUT2D eigenvalue weighted by Crippen LogP contribution is 2.34. The zero-order valence-electron chi connectivity index (χ0n) is 18.4. The predicted octanol–water partition coefficient (Wildman–Crippen LogP) is 1.09. The number of rotatable bonds is 6. The molecule has 2 unspecified atom stereocenters.